The van der Waals surface area contributed by atoms with Gasteiger partial charge in [0.25, 0.3) is 5.91 Å². The maximum Gasteiger partial charge on any atom is 0.255 e. The maximum absolute atomic E-state index is 12.8. The fourth-order valence-corrected chi connectivity index (χ4v) is 4.64. The van der Waals surface area contributed by atoms with Gasteiger partial charge in [0.2, 0.25) is 5.91 Å². The van der Waals surface area contributed by atoms with Crippen molar-refractivity contribution >= 4 is 46.8 Å². The van der Waals surface area contributed by atoms with Gasteiger partial charge in [-0.2, -0.15) is 0 Å². The Morgan fingerprint density at radius 1 is 1.26 bits per heavy atom. The third-order valence-electron chi connectivity index (χ3n) is 4.45. The van der Waals surface area contributed by atoms with E-state index in [-0.39, 0.29) is 17.7 Å². The number of carbonyl (C=O) groups is 2. The summed E-state index contributed by atoms with van der Waals surface area (Å²) >= 11 is 13.9. The zero-order chi connectivity index (χ0) is 19.4. The van der Waals surface area contributed by atoms with Crippen LogP contribution in [0.3, 0.4) is 0 Å². The number of thioether (sulfide) groups is 1. The molecule has 3 rings (SSSR count). The van der Waals surface area contributed by atoms with Crippen LogP contribution in [0.5, 0.6) is 0 Å². The Kier molecular flexibility index (Phi) is 6.63. The number of piperidine rings is 1. The van der Waals surface area contributed by atoms with Gasteiger partial charge in [-0.1, -0.05) is 29.3 Å². The Balaban J connectivity index is 1.70. The predicted molar refractivity (Wildman–Crippen MR) is 108 cm³/mol. The number of hydrogen-bond donors (Lipinski definition) is 1. The van der Waals surface area contributed by atoms with Crippen molar-refractivity contribution in [2.24, 2.45) is 11.7 Å². The highest BCUT2D eigenvalue weighted by atomic mass is 35.5. The standard InChI is InChI=1S/C19H19Cl2N3O2S/c20-15-4-1-5-16(21)17(15)27-11-12-7-14(9-23-8-12)19(26)24-6-2-3-13(10-24)18(22)25/h1,4-5,7-9,13H,2-3,6,10-11H2,(H2,22,25). The van der Waals surface area contributed by atoms with Gasteiger partial charge in [-0.15, -0.1) is 11.8 Å². The summed E-state index contributed by atoms with van der Waals surface area (Å²) in [6.45, 7) is 0.985. The van der Waals surface area contributed by atoms with Crippen molar-refractivity contribution in [3.8, 4) is 0 Å². The Hall–Kier alpha value is -1.76. The monoisotopic (exact) mass is 423 g/mol. The van der Waals surface area contributed by atoms with E-state index < -0.39 is 0 Å². The molecule has 2 heterocycles. The van der Waals surface area contributed by atoms with Gasteiger partial charge in [-0.3, -0.25) is 14.6 Å². The highest BCUT2D eigenvalue weighted by molar-refractivity contribution is 7.98. The second kappa shape index (κ2) is 8.95. The maximum atomic E-state index is 12.8. The third kappa shape index (κ3) is 4.94. The quantitative estimate of drug-likeness (QED) is 0.736. The Morgan fingerprint density at radius 2 is 2.00 bits per heavy atom. The molecule has 2 N–H and O–H groups in total. The molecule has 2 aromatic rings. The van der Waals surface area contributed by atoms with Crippen LogP contribution in [-0.2, 0) is 10.5 Å². The van der Waals surface area contributed by atoms with Crippen molar-refractivity contribution in [3.05, 3.63) is 57.8 Å². The predicted octanol–water partition coefficient (Wildman–Crippen LogP) is 4.02. The van der Waals surface area contributed by atoms with Gasteiger partial charge in [0.05, 0.1) is 21.5 Å². The summed E-state index contributed by atoms with van der Waals surface area (Å²) in [5.41, 5.74) is 6.80. The molecule has 1 aromatic carbocycles. The van der Waals surface area contributed by atoms with Gasteiger partial charge in [-0.05, 0) is 36.6 Å². The average Bonchev–Trinajstić information content (AvgIpc) is 2.67. The lowest BCUT2D eigenvalue weighted by atomic mass is 9.97. The average molecular weight is 424 g/mol. The molecule has 1 atom stereocenters. The van der Waals surface area contributed by atoms with Crippen LogP contribution < -0.4 is 5.73 Å². The first-order valence-corrected chi connectivity index (χ1v) is 10.3. The molecule has 27 heavy (non-hydrogen) atoms. The van der Waals surface area contributed by atoms with Crippen LogP contribution in [0.2, 0.25) is 10.0 Å². The fourth-order valence-electron chi connectivity index (χ4n) is 3.04. The molecule has 2 amide bonds. The van der Waals surface area contributed by atoms with Crippen LogP contribution in [-0.4, -0.2) is 34.8 Å². The molecule has 0 radical (unpaired) electrons. The molecule has 1 fully saturated rings. The minimum atomic E-state index is -0.354. The first kappa shape index (κ1) is 20.0. The smallest absolute Gasteiger partial charge is 0.255 e. The van der Waals surface area contributed by atoms with Gasteiger partial charge >= 0.3 is 0 Å². The van der Waals surface area contributed by atoms with Crippen LogP contribution in [0.1, 0.15) is 28.8 Å². The van der Waals surface area contributed by atoms with Gasteiger partial charge in [0, 0.05) is 36.1 Å². The summed E-state index contributed by atoms with van der Waals surface area (Å²) in [7, 11) is 0. The number of primary amides is 1. The van der Waals surface area contributed by atoms with Gasteiger partial charge < -0.3 is 10.6 Å². The van der Waals surface area contributed by atoms with E-state index in [2.05, 4.69) is 4.98 Å². The molecule has 1 unspecified atom stereocenters. The van der Waals surface area contributed by atoms with Crippen LogP contribution in [0.4, 0.5) is 0 Å². The van der Waals surface area contributed by atoms with Crippen molar-refractivity contribution in [1.82, 2.24) is 9.88 Å². The number of nitrogens with two attached hydrogens (primary N) is 1. The zero-order valence-corrected chi connectivity index (χ0v) is 16.9. The lowest BCUT2D eigenvalue weighted by Gasteiger charge is -2.31. The van der Waals surface area contributed by atoms with Crippen molar-refractivity contribution in [2.45, 2.75) is 23.5 Å². The van der Waals surface area contributed by atoms with Crippen LogP contribution in [0, 0.1) is 5.92 Å². The molecule has 1 aromatic heterocycles. The van der Waals surface area contributed by atoms with Crippen LogP contribution >= 0.6 is 35.0 Å². The minimum Gasteiger partial charge on any atom is -0.369 e. The van der Waals surface area contributed by atoms with E-state index in [1.54, 1.807) is 35.5 Å². The normalized spacial score (nSPS) is 17.0. The molecule has 0 aliphatic carbocycles. The van der Waals surface area contributed by atoms with Gasteiger partial charge in [-0.25, -0.2) is 0 Å². The molecule has 0 spiro atoms. The number of rotatable bonds is 5. The van der Waals surface area contributed by atoms with E-state index in [0.29, 0.717) is 34.5 Å². The SMILES string of the molecule is NC(=O)C1CCCN(C(=O)c2cncc(CSc3c(Cl)cccc3Cl)c2)C1. The molecular weight excluding hydrogens is 405 g/mol. The second-order valence-corrected chi connectivity index (χ2v) is 8.21. The van der Waals surface area contributed by atoms with E-state index in [9.17, 15) is 9.59 Å². The van der Waals surface area contributed by atoms with Crippen LogP contribution in [0.25, 0.3) is 0 Å². The van der Waals surface area contributed by atoms with Gasteiger partial charge in [0.15, 0.2) is 0 Å². The number of pyridine rings is 1. The number of benzene rings is 1. The Labute approximate surface area is 172 Å². The number of nitrogens with zero attached hydrogens (tertiary/aromatic N) is 2. The molecule has 1 saturated heterocycles. The molecule has 0 saturated carbocycles. The number of hydrogen-bond acceptors (Lipinski definition) is 4. The molecule has 142 valence electrons. The minimum absolute atomic E-state index is 0.129. The van der Waals surface area contributed by atoms with E-state index >= 15 is 0 Å². The van der Waals surface area contributed by atoms with Crippen molar-refractivity contribution in [3.63, 3.8) is 0 Å². The summed E-state index contributed by atoms with van der Waals surface area (Å²) in [5.74, 6) is -0.179. The molecular formula is C19H19Cl2N3O2S. The van der Waals surface area contributed by atoms with Gasteiger partial charge in [0.1, 0.15) is 0 Å². The lowest BCUT2D eigenvalue weighted by molar-refractivity contribution is -0.123. The van der Waals surface area contributed by atoms with Crippen molar-refractivity contribution in [1.29, 1.82) is 0 Å². The van der Waals surface area contributed by atoms with Crippen molar-refractivity contribution in [2.75, 3.05) is 13.1 Å². The number of amides is 2. The molecule has 0 bridgehead atoms. The summed E-state index contributed by atoms with van der Waals surface area (Å²) in [4.78, 5) is 30.9. The first-order valence-electron chi connectivity index (χ1n) is 8.55. The lowest BCUT2D eigenvalue weighted by Crippen LogP contribution is -2.44. The second-order valence-electron chi connectivity index (χ2n) is 6.41. The Morgan fingerprint density at radius 3 is 2.70 bits per heavy atom. The molecule has 5 nitrogen and oxygen atoms in total. The largest absolute Gasteiger partial charge is 0.369 e. The fraction of sp³-hybridized carbons (Fsp3) is 0.316. The highest BCUT2D eigenvalue weighted by Crippen LogP contribution is 2.35. The molecule has 1 aliphatic rings. The van der Waals surface area contributed by atoms with E-state index in [1.165, 1.54) is 11.8 Å². The summed E-state index contributed by atoms with van der Waals surface area (Å²) in [5, 5.41) is 1.19. The van der Waals surface area contributed by atoms with E-state index in [4.69, 9.17) is 28.9 Å². The van der Waals surface area contributed by atoms with Crippen LogP contribution in [0.15, 0.2) is 41.6 Å². The molecule has 1 aliphatic heterocycles. The Bertz CT molecular complexity index is 842. The zero-order valence-electron chi connectivity index (χ0n) is 14.5. The van der Waals surface area contributed by atoms with Crippen molar-refractivity contribution < 1.29 is 9.59 Å². The summed E-state index contributed by atoms with van der Waals surface area (Å²) < 4.78 is 0. The summed E-state index contributed by atoms with van der Waals surface area (Å²) in [6.07, 6.45) is 4.77. The first-order chi connectivity index (χ1) is 13.0. The highest BCUT2D eigenvalue weighted by Gasteiger charge is 2.27. The number of likely N-dealkylation sites (tertiary alicyclic amines) is 1. The third-order valence-corrected chi connectivity index (χ3v) is 6.52. The number of carbonyl (C=O) groups excluding carboxylic acids is 2. The number of aromatic nitrogens is 1. The number of halogens is 2. The summed E-state index contributed by atoms with van der Waals surface area (Å²) in [6, 6.07) is 7.20. The van der Waals surface area contributed by atoms with E-state index in [0.717, 1.165) is 23.3 Å². The topological polar surface area (TPSA) is 76.3 Å². The van der Waals surface area contributed by atoms with E-state index in [1.807, 2.05) is 6.07 Å². The molecule has 8 heteroatoms.